The number of fused-ring (bicyclic) bond motifs is 1. The van der Waals surface area contributed by atoms with Crippen molar-refractivity contribution in [3.05, 3.63) is 28.4 Å². The summed E-state index contributed by atoms with van der Waals surface area (Å²) in [4.78, 5) is 10.4. The summed E-state index contributed by atoms with van der Waals surface area (Å²) in [6, 6.07) is 3.59. The van der Waals surface area contributed by atoms with Crippen molar-refractivity contribution in [3.63, 3.8) is 0 Å². The first-order valence-electron chi connectivity index (χ1n) is 10.4. The van der Waals surface area contributed by atoms with Crippen LogP contribution in [0.4, 0.5) is 0 Å². The first-order chi connectivity index (χ1) is 15.5. The molecule has 11 heteroatoms. The van der Waals surface area contributed by atoms with Gasteiger partial charge >= 0.3 is 0 Å². The molecule has 174 valence electrons. The lowest BCUT2D eigenvalue weighted by atomic mass is 10.0. The molecule has 2 aromatic heterocycles. The van der Waals surface area contributed by atoms with Gasteiger partial charge in [0, 0.05) is 32.7 Å². The molecule has 0 spiro atoms. The number of aromatic nitrogens is 3. The molecule has 10 nitrogen and oxygen atoms in total. The van der Waals surface area contributed by atoms with Crippen LogP contribution in [0.3, 0.4) is 0 Å². The van der Waals surface area contributed by atoms with Crippen molar-refractivity contribution in [2.24, 2.45) is 0 Å². The van der Waals surface area contributed by atoms with E-state index in [2.05, 4.69) is 19.9 Å². The molecular formula is C21H29N5O5S. The van der Waals surface area contributed by atoms with E-state index in [0.717, 1.165) is 36.6 Å². The van der Waals surface area contributed by atoms with Gasteiger partial charge in [0.1, 0.15) is 5.82 Å². The average molecular weight is 464 g/mol. The Hall–Kier alpha value is -2.60. The zero-order valence-electron chi connectivity index (χ0n) is 18.7. The number of piperazine rings is 1. The van der Waals surface area contributed by atoms with E-state index >= 15 is 0 Å². The maximum absolute atomic E-state index is 11.1. The number of aromatic hydroxyl groups is 1. The summed E-state index contributed by atoms with van der Waals surface area (Å²) in [6.45, 7) is 5.79. The fourth-order valence-corrected chi connectivity index (χ4v) is 5.36. The molecule has 0 bridgehead atoms. The number of β-amino-alcohol motifs (C(OH)–C–C–N with tert-alkyl or cyclic N) is 1. The van der Waals surface area contributed by atoms with Gasteiger partial charge in [-0.05, 0) is 24.6 Å². The monoisotopic (exact) mass is 463 g/mol. The zero-order chi connectivity index (χ0) is 22.8. The molecular weight excluding hydrogens is 434 g/mol. The summed E-state index contributed by atoms with van der Waals surface area (Å²) in [7, 11) is 4.76. The molecule has 0 saturated carbocycles. The highest BCUT2D eigenvalue weighted by atomic mass is 32.1. The third kappa shape index (κ3) is 4.08. The fraction of sp³-hybridized carbons (Fsp3) is 0.524. The quantitative estimate of drug-likeness (QED) is 0.515. The van der Waals surface area contributed by atoms with Crippen LogP contribution in [-0.2, 0) is 0 Å². The van der Waals surface area contributed by atoms with Crippen LogP contribution in [0, 0.1) is 6.92 Å². The number of aryl methyl sites for hydroxylation is 1. The topological polar surface area (TPSA) is 105 Å². The highest BCUT2D eigenvalue weighted by Crippen LogP contribution is 2.45. The Kier molecular flexibility index (Phi) is 6.70. The van der Waals surface area contributed by atoms with Gasteiger partial charge < -0.3 is 24.4 Å². The van der Waals surface area contributed by atoms with Gasteiger partial charge in [-0.15, -0.1) is 5.10 Å². The van der Waals surface area contributed by atoms with Crippen molar-refractivity contribution in [1.82, 2.24) is 24.4 Å². The lowest BCUT2D eigenvalue weighted by Crippen LogP contribution is -2.48. The third-order valence-electron chi connectivity index (χ3n) is 5.75. The number of rotatable bonds is 8. The van der Waals surface area contributed by atoms with Gasteiger partial charge in [0.2, 0.25) is 16.6 Å². The second-order valence-corrected chi connectivity index (χ2v) is 8.61. The van der Waals surface area contributed by atoms with E-state index < -0.39 is 0 Å². The molecule has 0 amide bonds. The third-order valence-corrected chi connectivity index (χ3v) is 6.82. The van der Waals surface area contributed by atoms with Crippen LogP contribution in [0.15, 0.2) is 12.1 Å². The molecule has 1 fully saturated rings. The molecule has 1 aliphatic heterocycles. The SMILES string of the molecule is COc1cc(C(c2sc3nc(C)nn3c2O)N2CCN(CCO)CC2)cc(OC)c1OC. The molecule has 1 aliphatic rings. The summed E-state index contributed by atoms with van der Waals surface area (Å²) >= 11 is 1.42. The second kappa shape index (κ2) is 9.49. The molecule has 0 aliphatic carbocycles. The van der Waals surface area contributed by atoms with Crippen molar-refractivity contribution in [1.29, 1.82) is 0 Å². The van der Waals surface area contributed by atoms with Gasteiger partial charge in [0.25, 0.3) is 0 Å². The average Bonchev–Trinajstić information content (AvgIpc) is 3.31. The molecule has 3 aromatic rings. The van der Waals surface area contributed by atoms with Crippen LogP contribution >= 0.6 is 11.3 Å². The van der Waals surface area contributed by atoms with E-state index in [9.17, 15) is 10.2 Å². The number of hydrogen-bond acceptors (Lipinski definition) is 10. The fourth-order valence-electron chi connectivity index (χ4n) is 4.20. The minimum absolute atomic E-state index is 0.0853. The first kappa shape index (κ1) is 22.6. The molecule has 3 heterocycles. The van der Waals surface area contributed by atoms with Crippen LogP contribution in [0.25, 0.3) is 4.96 Å². The summed E-state index contributed by atoms with van der Waals surface area (Å²) in [5.41, 5.74) is 0.909. The highest BCUT2D eigenvalue weighted by Gasteiger charge is 2.33. The number of aliphatic hydroxyl groups excluding tert-OH is 1. The van der Waals surface area contributed by atoms with Crippen molar-refractivity contribution in [3.8, 4) is 23.1 Å². The number of thiazole rings is 1. The summed E-state index contributed by atoms with van der Waals surface area (Å²) in [5, 5.41) is 24.7. The molecule has 32 heavy (non-hydrogen) atoms. The summed E-state index contributed by atoms with van der Waals surface area (Å²) in [6.07, 6.45) is 0. The Morgan fingerprint density at radius 2 is 1.72 bits per heavy atom. The van der Waals surface area contributed by atoms with Gasteiger partial charge in [-0.3, -0.25) is 9.80 Å². The molecule has 4 rings (SSSR count). The van der Waals surface area contributed by atoms with Gasteiger partial charge in [0.05, 0.1) is 38.9 Å². The Labute approximate surface area is 190 Å². The largest absolute Gasteiger partial charge is 0.493 e. The van der Waals surface area contributed by atoms with E-state index in [0.29, 0.717) is 34.6 Å². The summed E-state index contributed by atoms with van der Waals surface area (Å²) < 4.78 is 18.1. The van der Waals surface area contributed by atoms with Crippen molar-refractivity contribution < 1.29 is 24.4 Å². The standard InChI is InChI=1S/C21H29N5O5S/c1-13-22-21-26(23-13)20(28)19(32-21)17(25-7-5-24(6-8-25)9-10-27)14-11-15(29-2)18(31-4)16(12-14)30-3/h11-12,17,27-28H,5-10H2,1-4H3. The zero-order valence-corrected chi connectivity index (χ0v) is 19.6. The van der Waals surface area contributed by atoms with E-state index in [1.165, 1.54) is 15.9 Å². The van der Waals surface area contributed by atoms with Crippen LogP contribution in [-0.4, -0.2) is 95.3 Å². The number of hydrogen-bond donors (Lipinski definition) is 2. The number of nitrogens with zero attached hydrogens (tertiary/aromatic N) is 5. The maximum Gasteiger partial charge on any atom is 0.230 e. The van der Waals surface area contributed by atoms with Gasteiger partial charge in [-0.25, -0.2) is 4.98 Å². The Bertz CT molecular complexity index is 1050. The van der Waals surface area contributed by atoms with E-state index in [-0.39, 0.29) is 18.5 Å². The van der Waals surface area contributed by atoms with Crippen LogP contribution < -0.4 is 14.2 Å². The Morgan fingerprint density at radius 1 is 1.06 bits per heavy atom. The normalized spacial score (nSPS) is 16.4. The molecule has 1 unspecified atom stereocenters. The number of methoxy groups -OCH3 is 3. The lowest BCUT2D eigenvalue weighted by Gasteiger charge is -2.39. The molecule has 2 N–H and O–H groups in total. The van der Waals surface area contributed by atoms with E-state index in [1.807, 2.05) is 12.1 Å². The first-order valence-corrected chi connectivity index (χ1v) is 11.2. The number of ether oxygens (including phenoxy) is 3. The van der Waals surface area contributed by atoms with Crippen molar-refractivity contribution in [2.45, 2.75) is 13.0 Å². The second-order valence-electron chi connectivity index (χ2n) is 7.61. The van der Waals surface area contributed by atoms with Gasteiger partial charge in [0.15, 0.2) is 11.5 Å². The van der Waals surface area contributed by atoms with Crippen LogP contribution in [0.5, 0.6) is 23.1 Å². The minimum atomic E-state index is -0.256. The minimum Gasteiger partial charge on any atom is -0.493 e. The van der Waals surface area contributed by atoms with Crippen LogP contribution in [0.2, 0.25) is 0 Å². The molecule has 1 saturated heterocycles. The van der Waals surface area contributed by atoms with Gasteiger partial charge in [-0.1, -0.05) is 11.3 Å². The molecule has 1 atom stereocenters. The van der Waals surface area contributed by atoms with Crippen molar-refractivity contribution in [2.75, 3.05) is 60.7 Å². The predicted molar refractivity (Wildman–Crippen MR) is 120 cm³/mol. The predicted octanol–water partition coefficient (Wildman–Crippen LogP) is 1.53. The maximum atomic E-state index is 11.1. The number of aliphatic hydroxyl groups is 1. The van der Waals surface area contributed by atoms with E-state index in [4.69, 9.17) is 14.2 Å². The van der Waals surface area contributed by atoms with Gasteiger partial charge in [-0.2, -0.15) is 4.52 Å². The molecule has 1 aromatic carbocycles. The van der Waals surface area contributed by atoms with Crippen LogP contribution in [0.1, 0.15) is 22.3 Å². The smallest absolute Gasteiger partial charge is 0.230 e. The summed E-state index contributed by atoms with van der Waals surface area (Å²) in [5.74, 6) is 2.33. The Balaban J connectivity index is 1.81. The number of benzene rings is 1. The van der Waals surface area contributed by atoms with Crippen molar-refractivity contribution >= 4 is 16.3 Å². The Morgan fingerprint density at radius 3 is 2.25 bits per heavy atom. The lowest BCUT2D eigenvalue weighted by molar-refractivity contribution is 0.0944. The highest BCUT2D eigenvalue weighted by molar-refractivity contribution is 7.17. The molecule has 0 radical (unpaired) electrons. The van der Waals surface area contributed by atoms with E-state index in [1.54, 1.807) is 28.3 Å².